The highest BCUT2D eigenvalue weighted by molar-refractivity contribution is 5.84. The minimum Gasteiger partial charge on any atom is -0.480 e. The molecule has 1 unspecified atom stereocenters. The van der Waals surface area contributed by atoms with Gasteiger partial charge in [-0.3, -0.25) is 9.59 Å². The Bertz CT molecular complexity index is 319. The predicted molar refractivity (Wildman–Crippen MR) is 68.6 cm³/mol. The number of carbonyl (C=O) groups excluding carboxylic acids is 2. The standard InChI is InChI=1S/C12H22N2O5/c1-4-7-19-8-11(16)14(9(2)12(17)18)6-5-13-10(3)15/h9H,4-8H2,1-3H3,(H,13,15)(H,17,18). The van der Waals surface area contributed by atoms with E-state index in [9.17, 15) is 14.4 Å². The predicted octanol–water partition coefficient (Wildman–Crippen LogP) is -0.149. The minimum atomic E-state index is -1.09. The molecule has 19 heavy (non-hydrogen) atoms. The first-order valence-electron chi connectivity index (χ1n) is 6.24. The molecule has 0 saturated carbocycles. The van der Waals surface area contributed by atoms with Gasteiger partial charge >= 0.3 is 5.97 Å². The largest absolute Gasteiger partial charge is 0.480 e. The van der Waals surface area contributed by atoms with Gasteiger partial charge in [0.2, 0.25) is 11.8 Å². The van der Waals surface area contributed by atoms with Crippen LogP contribution in [0.3, 0.4) is 0 Å². The SMILES string of the molecule is CCCOCC(=O)N(CCNC(C)=O)C(C)C(=O)O. The van der Waals surface area contributed by atoms with Gasteiger partial charge in [0.05, 0.1) is 0 Å². The number of carbonyl (C=O) groups is 3. The highest BCUT2D eigenvalue weighted by Crippen LogP contribution is 2.01. The van der Waals surface area contributed by atoms with E-state index in [1.54, 1.807) is 0 Å². The van der Waals surface area contributed by atoms with E-state index < -0.39 is 17.9 Å². The molecule has 0 fully saturated rings. The molecule has 0 rings (SSSR count). The molecular formula is C12H22N2O5. The number of amides is 2. The first kappa shape index (κ1) is 17.4. The van der Waals surface area contributed by atoms with Crippen LogP contribution >= 0.6 is 0 Å². The van der Waals surface area contributed by atoms with Crippen LogP contribution in [0.5, 0.6) is 0 Å². The Labute approximate surface area is 112 Å². The second-order valence-electron chi connectivity index (χ2n) is 4.14. The zero-order valence-corrected chi connectivity index (χ0v) is 11.6. The zero-order valence-electron chi connectivity index (χ0n) is 11.6. The third kappa shape index (κ3) is 7.40. The molecule has 110 valence electrons. The normalized spacial score (nSPS) is 11.7. The molecule has 0 aromatic heterocycles. The summed E-state index contributed by atoms with van der Waals surface area (Å²) in [5, 5.41) is 11.5. The van der Waals surface area contributed by atoms with Crippen molar-refractivity contribution in [3.63, 3.8) is 0 Å². The fourth-order valence-corrected chi connectivity index (χ4v) is 1.41. The van der Waals surface area contributed by atoms with Crippen molar-refractivity contribution >= 4 is 17.8 Å². The van der Waals surface area contributed by atoms with Crippen molar-refractivity contribution in [3.05, 3.63) is 0 Å². The average Bonchev–Trinajstić information content (AvgIpc) is 2.33. The summed E-state index contributed by atoms with van der Waals surface area (Å²) >= 11 is 0. The maximum atomic E-state index is 11.9. The molecule has 7 nitrogen and oxygen atoms in total. The smallest absolute Gasteiger partial charge is 0.326 e. The Morgan fingerprint density at radius 2 is 2.00 bits per heavy atom. The van der Waals surface area contributed by atoms with Gasteiger partial charge in [0, 0.05) is 26.6 Å². The van der Waals surface area contributed by atoms with Crippen molar-refractivity contribution in [1.82, 2.24) is 10.2 Å². The topological polar surface area (TPSA) is 95.9 Å². The number of nitrogens with zero attached hydrogens (tertiary/aromatic N) is 1. The summed E-state index contributed by atoms with van der Waals surface area (Å²) < 4.78 is 5.11. The van der Waals surface area contributed by atoms with Crippen LogP contribution in [0.15, 0.2) is 0 Å². The molecule has 0 aliphatic carbocycles. The lowest BCUT2D eigenvalue weighted by atomic mass is 10.2. The lowest BCUT2D eigenvalue weighted by Crippen LogP contribution is -2.48. The van der Waals surface area contributed by atoms with Gasteiger partial charge in [0.25, 0.3) is 0 Å². The number of aliphatic carboxylic acids is 1. The van der Waals surface area contributed by atoms with E-state index in [1.807, 2.05) is 6.92 Å². The maximum absolute atomic E-state index is 11.9. The first-order chi connectivity index (χ1) is 8.90. The summed E-state index contributed by atoms with van der Waals surface area (Å²) in [6.45, 7) is 5.36. The van der Waals surface area contributed by atoms with Gasteiger partial charge in [-0.15, -0.1) is 0 Å². The molecule has 0 radical (unpaired) electrons. The molecule has 0 aliphatic rings. The van der Waals surface area contributed by atoms with Crippen LogP contribution in [-0.4, -0.2) is 60.1 Å². The van der Waals surface area contributed by atoms with Crippen LogP contribution in [0, 0.1) is 0 Å². The number of hydrogen-bond donors (Lipinski definition) is 2. The Morgan fingerprint density at radius 1 is 1.37 bits per heavy atom. The summed E-state index contributed by atoms with van der Waals surface area (Å²) in [5.74, 6) is -1.71. The number of hydrogen-bond acceptors (Lipinski definition) is 4. The van der Waals surface area contributed by atoms with E-state index in [4.69, 9.17) is 9.84 Å². The first-order valence-corrected chi connectivity index (χ1v) is 6.24. The van der Waals surface area contributed by atoms with Crippen LogP contribution < -0.4 is 5.32 Å². The molecule has 0 bridgehead atoms. The molecule has 0 aromatic carbocycles. The van der Waals surface area contributed by atoms with Gasteiger partial charge in [-0.1, -0.05) is 6.92 Å². The summed E-state index contributed by atoms with van der Waals surface area (Å²) in [4.78, 5) is 34.8. The van der Waals surface area contributed by atoms with Crippen molar-refractivity contribution in [2.24, 2.45) is 0 Å². The Hall–Kier alpha value is -1.63. The zero-order chi connectivity index (χ0) is 14.8. The van der Waals surface area contributed by atoms with Crippen LogP contribution in [0.25, 0.3) is 0 Å². The van der Waals surface area contributed by atoms with Crippen molar-refractivity contribution in [2.45, 2.75) is 33.2 Å². The third-order valence-electron chi connectivity index (χ3n) is 2.45. The van der Waals surface area contributed by atoms with Gasteiger partial charge in [-0.05, 0) is 13.3 Å². The molecule has 1 atom stereocenters. The van der Waals surface area contributed by atoms with Crippen molar-refractivity contribution in [1.29, 1.82) is 0 Å². The fraction of sp³-hybridized carbons (Fsp3) is 0.750. The van der Waals surface area contributed by atoms with Gasteiger partial charge in [0.15, 0.2) is 0 Å². The lowest BCUT2D eigenvalue weighted by molar-refractivity contribution is -0.151. The van der Waals surface area contributed by atoms with Crippen molar-refractivity contribution in [2.75, 3.05) is 26.3 Å². The number of rotatable bonds is 9. The molecule has 0 saturated heterocycles. The third-order valence-corrected chi connectivity index (χ3v) is 2.45. The molecule has 2 amide bonds. The number of carboxylic acids is 1. The van der Waals surface area contributed by atoms with E-state index in [0.29, 0.717) is 6.61 Å². The van der Waals surface area contributed by atoms with E-state index in [1.165, 1.54) is 18.7 Å². The quantitative estimate of drug-likeness (QED) is 0.570. The Morgan fingerprint density at radius 3 is 2.47 bits per heavy atom. The molecule has 0 aliphatic heterocycles. The second-order valence-corrected chi connectivity index (χ2v) is 4.14. The van der Waals surface area contributed by atoms with E-state index in [-0.39, 0.29) is 25.6 Å². The van der Waals surface area contributed by atoms with Gasteiger partial charge in [-0.25, -0.2) is 4.79 Å². The second kappa shape index (κ2) is 9.32. The molecular weight excluding hydrogens is 252 g/mol. The molecule has 7 heteroatoms. The lowest BCUT2D eigenvalue weighted by Gasteiger charge is -2.26. The highest BCUT2D eigenvalue weighted by Gasteiger charge is 2.25. The molecule has 0 spiro atoms. The van der Waals surface area contributed by atoms with Gasteiger partial charge in [-0.2, -0.15) is 0 Å². The Kier molecular flexibility index (Phi) is 8.52. The van der Waals surface area contributed by atoms with Crippen molar-refractivity contribution < 1.29 is 24.2 Å². The summed E-state index contributed by atoms with van der Waals surface area (Å²) in [6.07, 6.45) is 0.785. The minimum absolute atomic E-state index is 0.140. The average molecular weight is 274 g/mol. The Balaban J connectivity index is 4.43. The number of ether oxygens (including phenoxy) is 1. The van der Waals surface area contributed by atoms with Crippen LogP contribution in [0.1, 0.15) is 27.2 Å². The summed E-state index contributed by atoms with van der Waals surface area (Å²) in [7, 11) is 0. The van der Waals surface area contributed by atoms with Crippen LogP contribution in [-0.2, 0) is 19.1 Å². The van der Waals surface area contributed by atoms with E-state index in [0.717, 1.165) is 6.42 Å². The van der Waals surface area contributed by atoms with Crippen LogP contribution in [0.4, 0.5) is 0 Å². The van der Waals surface area contributed by atoms with Gasteiger partial charge in [0.1, 0.15) is 12.6 Å². The maximum Gasteiger partial charge on any atom is 0.326 e. The monoisotopic (exact) mass is 274 g/mol. The molecule has 2 N–H and O–H groups in total. The number of nitrogens with one attached hydrogen (secondary N) is 1. The molecule has 0 aromatic rings. The van der Waals surface area contributed by atoms with E-state index >= 15 is 0 Å². The van der Waals surface area contributed by atoms with E-state index in [2.05, 4.69) is 5.32 Å². The van der Waals surface area contributed by atoms with Gasteiger partial charge < -0.3 is 20.1 Å². The fourth-order valence-electron chi connectivity index (χ4n) is 1.41. The number of carboxylic acid groups (broad SMARTS) is 1. The molecule has 0 heterocycles. The van der Waals surface area contributed by atoms with Crippen LogP contribution in [0.2, 0.25) is 0 Å². The summed E-state index contributed by atoms with van der Waals surface area (Å²) in [5.41, 5.74) is 0. The highest BCUT2D eigenvalue weighted by atomic mass is 16.5. The van der Waals surface area contributed by atoms with Crippen molar-refractivity contribution in [3.8, 4) is 0 Å². The summed E-state index contributed by atoms with van der Waals surface area (Å²) in [6, 6.07) is -0.952.